The van der Waals surface area contributed by atoms with Crippen LogP contribution in [0.2, 0.25) is 0 Å². The van der Waals surface area contributed by atoms with Crippen LogP contribution in [0.25, 0.3) is 5.69 Å². The van der Waals surface area contributed by atoms with E-state index in [0.29, 0.717) is 14.9 Å². The Hall–Kier alpha value is -4.54. The number of aromatic nitrogens is 3. The first-order valence-corrected chi connectivity index (χ1v) is 10.2. The lowest BCUT2D eigenvalue weighted by molar-refractivity contribution is -0.137. The van der Waals surface area contributed by atoms with Crippen molar-refractivity contribution in [2.24, 2.45) is 0 Å². The molecule has 3 aromatic carbocycles. The third kappa shape index (κ3) is 5.03. The largest absolute Gasteiger partial charge is 0.416 e. The van der Waals surface area contributed by atoms with Gasteiger partial charge in [-0.3, -0.25) is 14.2 Å². The van der Waals surface area contributed by atoms with Gasteiger partial charge in [0, 0.05) is 5.69 Å². The monoisotopic (exact) mass is 484 g/mol. The third-order valence-corrected chi connectivity index (χ3v) is 4.98. The topological polar surface area (TPSA) is 86.0 Å². The second kappa shape index (κ2) is 9.37. The Bertz CT molecular complexity index is 1510. The molecule has 0 saturated heterocycles. The predicted octanol–water partition coefficient (Wildman–Crippen LogP) is 3.85. The van der Waals surface area contributed by atoms with Gasteiger partial charge in [-0.1, -0.05) is 42.5 Å². The first-order chi connectivity index (χ1) is 16.6. The quantitative estimate of drug-likeness (QED) is 0.436. The van der Waals surface area contributed by atoms with E-state index in [1.165, 1.54) is 24.3 Å². The molecule has 1 amide bonds. The van der Waals surface area contributed by atoms with Crippen LogP contribution >= 0.6 is 0 Å². The lowest BCUT2D eigenvalue weighted by atomic mass is 10.1. The molecule has 0 aliphatic rings. The molecule has 7 nitrogen and oxygen atoms in total. The van der Waals surface area contributed by atoms with Gasteiger partial charge in [0.05, 0.1) is 12.1 Å². The van der Waals surface area contributed by atoms with Crippen LogP contribution < -0.4 is 16.6 Å². The van der Waals surface area contributed by atoms with Gasteiger partial charge >= 0.3 is 11.9 Å². The fourth-order valence-corrected chi connectivity index (χ4v) is 3.32. The van der Waals surface area contributed by atoms with Crippen LogP contribution in [0.5, 0.6) is 0 Å². The second-order valence-electron chi connectivity index (χ2n) is 7.40. The summed E-state index contributed by atoms with van der Waals surface area (Å²) in [5, 5.41) is 6.26. The molecule has 11 heteroatoms. The van der Waals surface area contributed by atoms with Crippen LogP contribution in [-0.4, -0.2) is 20.3 Å². The molecule has 0 radical (unpaired) electrons. The molecule has 1 N–H and O–H groups in total. The van der Waals surface area contributed by atoms with Crippen molar-refractivity contribution in [2.45, 2.75) is 12.7 Å². The highest BCUT2D eigenvalue weighted by molar-refractivity contribution is 6.02. The van der Waals surface area contributed by atoms with E-state index < -0.39 is 47.0 Å². The molecule has 178 valence electrons. The Balaban J connectivity index is 1.87. The molecule has 1 aromatic heterocycles. The molecule has 0 atom stereocenters. The highest BCUT2D eigenvalue weighted by Gasteiger charge is 2.30. The zero-order valence-electron chi connectivity index (χ0n) is 17.8. The lowest BCUT2D eigenvalue weighted by Gasteiger charge is -2.14. The average Bonchev–Trinajstić information content (AvgIpc) is 2.83. The van der Waals surface area contributed by atoms with Crippen LogP contribution in [-0.2, 0) is 12.7 Å². The summed E-state index contributed by atoms with van der Waals surface area (Å²) in [5.41, 5.74) is -4.05. The van der Waals surface area contributed by atoms with E-state index in [-0.39, 0.29) is 11.3 Å². The minimum absolute atomic E-state index is 0.0280. The van der Waals surface area contributed by atoms with E-state index in [2.05, 4.69) is 10.4 Å². The summed E-state index contributed by atoms with van der Waals surface area (Å²) >= 11 is 0. The highest BCUT2D eigenvalue weighted by atomic mass is 19.4. The van der Waals surface area contributed by atoms with Crippen molar-refractivity contribution in [2.75, 3.05) is 5.32 Å². The van der Waals surface area contributed by atoms with Crippen LogP contribution in [0.4, 0.5) is 23.2 Å². The fourth-order valence-electron chi connectivity index (χ4n) is 3.32. The van der Waals surface area contributed by atoms with Crippen molar-refractivity contribution in [1.82, 2.24) is 14.3 Å². The van der Waals surface area contributed by atoms with Gasteiger partial charge in [-0.2, -0.15) is 23.0 Å². The molecular weight excluding hydrogens is 468 g/mol. The number of carbonyl (C=O) groups excluding carboxylic acids is 1. The summed E-state index contributed by atoms with van der Waals surface area (Å²) in [4.78, 5) is 39.1. The minimum Gasteiger partial charge on any atom is -0.320 e. The number of alkyl halides is 3. The Kier molecular flexibility index (Phi) is 6.32. The SMILES string of the molecule is O=C(Nc1ccccc1)c1nn(-c2ccccc2F)c(=O)n(Cc2cccc(C(F)(F)F)c2)c1=O. The van der Waals surface area contributed by atoms with Gasteiger partial charge in [0.25, 0.3) is 11.5 Å². The molecule has 0 saturated carbocycles. The lowest BCUT2D eigenvalue weighted by Crippen LogP contribution is -2.45. The van der Waals surface area contributed by atoms with Crippen molar-refractivity contribution in [3.8, 4) is 5.69 Å². The number of amides is 1. The Morgan fingerprint density at radius 3 is 2.29 bits per heavy atom. The summed E-state index contributed by atoms with van der Waals surface area (Å²) in [6, 6.07) is 17.2. The van der Waals surface area contributed by atoms with E-state index in [9.17, 15) is 31.9 Å². The fraction of sp³-hybridized carbons (Fsp3) is 0.0833. The van der Waals surface area contributed by atoms with Crippen molar-refractivity contribution in [3.63, 3.8) is 0 Å². The Labute approximate surface area is 194 Å². The van der Waals surface area contributed by atoms with Crippen LogP contribution in [0, 0.1) is 5.82 Å². The minimum atomic E-state index is -4.65. The van der Waals surface area contributed by atoms with Gasteiger partial charge in [0.1, 0.15) is 11.5 Å². The van der Waals surface area contributed by atoms with Gasteiger partial charge in [0.15, 0.2) is 0 Å². The number of benzene rings is 3. The van der Waals surface area contributed by atoms with E-state index >= 15 is 0 Å². The Morgan fingerprint density at radius 1 is 0.914 bits per heavy atom. The van der Waals surface area contributed by atoms with Crippen molar-refractivity contribution in [3.05, 3.63) is 122 Å². The molecule has 0 aliphatic carbocycles. The van der Waals surface area contributed by atoms with Gasteiger partial charge in [-0.25, -0.2) is 9.18 Å². The number of para-hydroxylation sites is 2. The van der Waals surface area contributed by atoms with Crippen molar-refractivity contribution < 1.29 is 22.4 Å². The van der Waals surface area contributed by atoms with Crippen LogP contribution in [0.1, 0.15) is 21.6 Å². The number of hydrogen-bond acceptors (Lipinski definition) is 4. The van der Waals surface area contributed by atoms with Crippen LogP contribution in [0.3, 0.4) is 0 Å². The summed E-state index contributed by atoms with van der Waals surface area (Å²) in [6.45, 7) is -0.607. The number of rotatable bonds is 5. The predicted molar refractivity (Wildman–Crippen MR) is 119 cm³/mol. The molecular formula is C24H16F4N4O3. The number of hydrogen-bond donors (Lipinski definition) is 1. The molecule has 0 spiro atoms. The Morgan fingerprint density at radius 2 is 1.60 bits per heavy atom. The van der Waals surface area contributed by atoms with Gasteiger partial charge in [-0.05, 0) is 42.0 Å². The molecule has 0 aliphatic heterocycles. The van der Waals surface area contributed by atoms with Crippen LogP contribution in [0.15, 0.2) is 88.5 Å². The van der Waals surface area contributed by atoms with E-state index in [0.717, 1.165) is 24.3 Å². The second-order valence-corrected chi connectivity index (χ2v) is 7.40. The number of carbonyl (C=O) groups is 1. The zero-order chi connectivity index (χ0) is 25.2. The zero-order valence-corrected chi connectivity index (χ0v) is 17.8. The molecule has 4 rings (SSSR count). The standard InChI is InChI=1S/C24H16F4N4O3/c25-18-11-4-5-12-19(18)32-23(35)31(14-15-7-6-8-16(13-15)24(26,27)28)22(34)20(30-32)21(33)29-17-9-2-1-3-10-17/h1-13H,14H2,(H,29,33). The number of halogens is 4. The normalized spacial score (nSPS) is 11.3. The van der Waals surface area contributed by atoms with Gasteiger partial charge < -0.3 is 5.32 Å². The average molecular weight is 484 g/mol. The van der Waals surface area contributed by atoms with Crippen molar-refractivity contribution in [1.29, 1.82) is 0 Å². The molecule has 35 heavy (non-hydrogen) atoms. The molecule has 0 unspecified atom stereocenters. The van der Waals surface area contributed by atoms with Gasteiger partial charge in [0.2, 0.25) is 5.69 Å². The smallest absolute Gasteiger partial charge is 0.320 e. The number of anilines is 1. The summed E-state index contributed by atoms with van der Waals surface area (Å²) < 4.78 is 54.9. The van der Waals surface area contributed by atoms with E-state index in [1.54, 1.807) is 30.3 Å². The summed E-state index contributed by atoms with van der Waals surface area (Å²) in [6.07, 6.45) is -4.65. The molecule has 4 aromatic rings. The maximum Gasteiger partial charge on any atom is 0.416 e. The molecule has 0 fully saturated rings. The summed E-state index contributed by atoms with van der Waals surface area (Å²) in [5.74, 6) is -1.84. The highest BCUT2D eigenvalue weighted by Crippen LogP contribution is 2.29. The first-order valence-electron chi connectivity index (χ1n) is 10.2. The van der Waals surface area contributed by atoms with E-state index in [1.807, 2.05) is 0 Å². The molecule has 0 bridgehead atoms. The maximum atomic E-state index is 14.5. The van der Waals surface area contributed by atoms with Gasteiger partial charge in [-0.15, -0.1) is 0 Å². The van der Waals surface area contributed by atoms with Crippen molar-refractivity contribution >= 4 is 11.6 Å². The number of nitrogens with zero attached hydrogens (tertiary/aromatic N) is 3. The van der Waals surface area contributed by atoms with E-state index in [4.69, 9.17) is 0 Å². The maximum absolute atomic E-state index is 14.5. The first kappa shape index (κ1) is 23.6. The third-order valence-electron chi connectivity index (χ3n) is 4.98. The number of nitrogens with one attached hydrogen (secondary N) is 1. The molecule has 1 heterocycles. The summed E-state index contributed by atoms with van der Waals surface area (Å²) in [7, 11) is 0.